The molecule has 3 aromatic rings. The lowest BCUT2D eigenvalue weighted by molar-refractivity contribution is -0.143. The Morgan fingerprint density at radius 2 is 1.74 bits per heavy atom. The summed E-state index contributed by atoms with van der Waals surface area (Å²) in [6.07, 6.45) is 2.23. The van der Waals surface area contributed by atoms with Crippen molar-refractivity contribution in [2.24, 2.45) is 0 Å². The van der Waals surface area contributed by atoms with Gasteiger partial charge in [-0.3, -0.25) is 0 Å². The molecule has 0 aliphatic carbocycles. The maximum atomic E-state index is 11.6. The van der Waals surface area contributed by atoms with Gasteiger partial charge in [-0.1, -0.05) is 78.0 Å². The van der Waals surface area contributed by atoms with E-state index in [-0.39, 0.29) is 12.1 Å². The second-order valence-corrected chi connectivity index (χ2v) is 7.57. The third kappa shape index (κ3) is 4.14. The van der Waals surface area contributed by atoms with Crippen molar-refractivity contribution >= 4 is 17.7 Å². The van der Waals surface area contributed by atoms with Crippen molar-refractivity contribution in [1.82, 2.24) is 9.97 Å². The van der Waals surface area contributed by atoms with Gasteiger partial charge in [-0.25, -0.2) is 9.78 Å². The molecule has 1 aliphatic heterocycles. The normalized spacial score (nSPS) is 16.7. The minimum Gasteiger partial charge on any atom is -0.458 e. The Hall–Kier alpha value is -2.79. The van der Waals surface area contributed by atoms with Crippen LogP contribution in [-0.4, -0.2) is 27.8 Å². The number of aromatic nitrogens is 2. The quantitative estimate of drug-likeness (QED) is 0.497. The molecule has 0 saturated carbocycles. The van der Waals surface area contributed by atoms with Gasteiger partial charge in [-0.05, 0) is 6.92 Å². The molecule has 1 N–H and O–H groups in total. The summed E-state index contributed by atoms with van der Waals surface area (Å²) in [5.74, 6) is 0.422. The van der Waals surface area contributed by atoms with Crippen molar-refractivity contribution in [1.29, 1.82) is 0 Å². The minimum atomic E-state index is -0.251. The largest absolute Gasteiger partial charge is 0.458 e. The summed E-state index contributed by atoms with van der Waals surface area (Å²) >= 11 is 1.58. The molecule has 1 aromatic heterocycles. The smallest absolute Gasteiger partial charge is 0.331 e. The molecular weight excluding hydrogens is 356 g/mol. The molecule has 1 aliphatic rings. The van der Waals surface area contributed by atoms with Crippen LogP contribution in [0.1, 0.15) is 13.3 Å². The van der Waals surface area contributed by atoms with E-state index in [2.05, 4.69) is 29.2 Å². The number of nitrogens with one attached hydrogen (secondary N) is 1. The number of ether oxygens (including phenoxy) is 1. The summed E-state index contributed by atoms with van der Waals surface area (Å²) in [7, 11) is 0. The van der Waals surface area contributed by atoms with Crippen LogP contribution in [0.5, 0.6) is 0 Å². The fourth-order valence-electron chi connectivity index (χ4n) is 3.16. The van der Waals surface area contributed by atoms with Gasteiger partial charge in [0.1, 0.15) is 6.10 Å². The second kappa shape index (κ2) is 7.84. The van der Waals surface area contributed by atoms with Crippen molar-refractivity contribution < 1.29 is 9.53 Å². The van der Waals surface area contributed by atoms with Gasteiger partial charge in [0.25, 0.3) is 0 Å². The molecule has 2 heterocycles. The molecule has 0 radical (unpaired) electrons. The third-order valence-corrected chi connectivity index (χ3v) is 5.40. The Bertz CT molecular complexity index is 907. The second-order valence-electron chi connectivity index (χ2n) is 6.56. The highest BCUT2D eigenvalue weighted by Gasteiger charge is 2.21. The first-order valence-electron chi connectivity index (χ1n) is 8.90. The van der Waals surface area contributed by atoms with E-state index >= 15 is 0 Å². The zero-order valence-corrected chi connectivity index (χ0v) is 15.8. The van der Waals surface area contributed by atoms with Crippen LogP contribution >= 0.6 is 11.8 Å². The monoisotopic (exact) mass is 376 g/mol. The SMILES string of the molecule is CC1=CC(=O)O[C@@H](CSc2nc(-c3ccccc3)c(-c3ccccc3)[nH]2)C1. The lowest BCUT2D eigenvalue weighted by Crippen LogP contribution is -2.24. The third-order valence-electron chi connectivity index (χ3n) is 4.39. The number of nitrogens with zero attached hydrogens (tertiary/aromatic N) is 1. The number of thioether (sulfide) groups is 1. The number of H-pyrrole nitrogens is 1. The summed E-state index contributed by atoms with van der Waals surface area (Å²) in [6.45, 7) is 1.96. The number of carbonyl (C=O) groups is 1. The first-order valence-corrected chi connectivity index (χ1v) is 9.89. The van der Waals surface area contributed by atoms with Gasteiger partial charge in [0.05, 0.1) is 11.4 Å². The first-order chi connectivity index (χ1) is 13.2. The molecule has 2 aromatic carbocycles. The number of imidazole rings is 1. The fourth-order valence-corrected chi connectivity index (χ4v) is 4.02. The molecule has 136 valence electrons. The van der Waals surface area contributed by atoms with Crippen molar-refractivity contribution in [2.45, 2.75) is 24.6 Å². The maximum Gasteiger partial charge on any atom is 0.331 e. The molecule has 0 bridgehead atoms. The van der Waals surface area contributed by atoms with E-state index in [1.165, 1.54) is 0 Å². The molecule has 5 heteroatoms. The highest BCUT2D eigenvalue weighted by Crippen LogP contribution is 2.33. The standard InChI is InChI=1S/C22H20N2O2S/c1-15-12-18(26-19(25)13-15)14-27-22-23-20(16-8-4-2-5-9-16)21(24-22)17-10-6-3-7-11-17/h2-11,13,18H,12,14H2,1H3,(H,23,24)/t18-/m1/s1. The minimum absolute atomic E-state index is 0.113. The van der Waals surface area contributed by atoms with Crippen LogP contribution in [0.4, 0.5) is 0 Å². The lowest BCUT2D eigenvalue weighted by Gasteiger charge is -2.20. The van der Waals surface area contributed by atoms with Gasteiger partial charge in [0.2, 0.25) is 0 Å². The highest BCUT2D eigenvalue weighted by atomic mass is 32.2. The van der Waals surface area contributed by atoms with Gasteiger partial charge in [-0.2, -0.15) is 0 Å². The van der Waals surface area contributed by atoms with Crippen molar-refractivity contribution in [3.63, 3.8) is 0 Å². The fraction of sp³-hybridized carbons (Fsp3) is 0.182. The first kappa shape index (κ1) is 17.6. The summed E-state index contributed by atoms with van der Waals surface area (Å²) in [5, 5.41) is 0.830. The van der Waals surface area contributed by atoms with E-state index in [1.54, 1.807) is 17.8 Å². The van der Waals surface area contributed by atoms with Crippen LogP contribution in [0.3, 0.4) is 0 Å². The van der Waals surface area contributed by atoms with Crippen LogP contribution in [0.2, 0.25) is 0 Å². The molecular formula is C22H20N2O2S. The Balaban J connectivity index is 1.60. The Morgan fingerprint density at radius 1 is 1.07 bits per heavy atom. The molecule has 0 unspecified atom stereocenters. The zero-order chi connectivity index (χ0) is 18.6. The number of rotatable bonds is 5. The van der Waals surface area contributed by atoms with Crippen LogP contribution in [0.15, 0.2) is 77.5 Å². The molecule has 4 nitrogen and oxygen atoms in total. The number of hydrogen-bond acceptors (Lipinski definition) is 4. The zero-order valence-electron chi connectivity index (χ0n) is 15.0. The highest BCUT2D eigenvalue weighted by molar-refractivity contribution is 7.99. The van der Waals surface area contributed by atoms with Gasteiger partial charge in [-0.15, -0.1) is 0 Å². The predicted molar refractivity (Wildman–Crippen MR) is 108 cm³/mol. The molecule has 0 fully saturated rings. The van der Waals surface area contributed by atoms with Crippen molar-refractivity contribution in [3.05, 3.63) is 72.3 Å². The van der Waals surface area contributed by atoms with Gasteiger partial charge >= 0.3 is 5.97 Å². The van der Waals surface area contributed by atoms with Crippen molar-refractivity contribution in [3.8, 4) is 22.5 Å². The van der Waals surface area contributed by atoms with Crippen LogP contribution in [0.25, 0.3) is 22.5 Å². The van der Waals surface area contributed by atoms with Crippen LogP contribution < -0.4 is 0 Å². The Morgan fingerprint density at radius 3 is 2.41 bits per heavy atom. The Kier molecular flexibility index (Phi) is 5.12. The number of cyclic esters (lactones) is 1. The summed E-state index contributed by atoms with van der Waals surface area (Å²) in [5.41, 5.74) is 5.16. The topological polar surface area (TPSA) is 55.0 Å². The van der Waals surface area contributed by atoms with E-state index in [9.17, 15) is 4.79 Å². The summed E-state index contributed by atoms with van der Waals surface area (Å²) in [4.78, 5) is 19.9. The van der Waals surface area contributed by atoms with E-state index < -0.39 is 0 Å². The van der Waals surface area contributed by atoms with Crippen LogP contribution in [-0.2, 0) is 9.53 Å². The summed E-state index contributed by atoms with van der Waals surface area (Å²) in [6, 6.07) is 20.4. The number of hydrogen-bond donors (Lipinski definition) is 1. The molecule has 0 amide bonds. The van der Waals surface area contributed by atoms with Crippen LogP contribution in [0, 0.1) is 0 Å². The van der Waals surface area contributed by atoms with Gasteiger partial charge in [0, 0.05) is 29.4 Å². The molecule has 0 saturated heterocycles. The van der Waals surface area contributed by atoms with E-state index in [4.69, 9.17) is 9.72 Å². The van der Waals surface area contributed by atoms with E-state index in [0.29, 0.717) is 5.75 Å². The number of carbonyl (C=O) groups excluding carboxylic acids is 1. The van der Waals surface area contributed by atoms with E-state index in [0.717, 1.165) is 39.7 Å². The number of esters is 1. The summed E-state index contributed by atoms with van der Waals surface area (Å²) < 4.78 is 5.41. The average Bonchev–Trinajstić information content (AvgIpc) is 3.11. The number of benzene rings is 2. The van der Waals surface area contributed by atoms with Crippen molar-refractivity contribution in [2.75, 3.05) is 5.75 Å². The average molecular weight is 376 g/mol. The van der Waals surface area contributed by atoms with Gasteiger partial charge < -0.3 is 9.72 Å². The predicted octanol–water partition coefficient (Wildman–Crippen LogP) is 5.10. The Labute approximate surface area is 162 Å². The molecule has 1 atom stereocenters. The molecule has 0 spiro atoms. The van der Waals surface area contributed by atoms with Gasteiger partial charge in [0.15, 0.2) is 5.16 Å². The molecule has 27 heavy (non-hydrogen) atoms. The lowest BCUT2D eigenvalue weighted by atomic mass is 10.1. The number of aromatic amines is 1. The maximum absolute atomic E-state index is 11.6. The van der Waals surface area contributed by atoms with E-state index in [1.807, 2.05) is 43.3 Å². The molecule has 4 rings (SSSR count).